The standard InChI is InChI=1S/C29H29NO3P2/c1-3-33-29(31)24(2)34(25-16-8-4-9-17-25,26-18-10-5-11-19-26)30-35(32,27-20-12-6-13-21-27)28-22-14-7-15-23-28/h4-24H,3H2,1-2H3. The van der Waals surface area contributed by atoms with E-state index in [1.807, 2.05) is 128 Å². The zero-order chi connectivity index (χ0) is 24.7. The average Bonchev–Trinajstić information content (AvgIpc) is 2.93. The monoisotopic (exact) mass is 501 g/mol. The minimum atomic E-state index is -3.52. The van der Waals surface area contributed by atoms with E-state index in [4.69, 9.17) is 9.25 Å². The van der Waals surface area contributed by atoms with E-state index in [9.17, 15) is 4.79 Å². The lowest BCUT2D eigenvalue weighted by Crippen LogP contribution is -2.32. The summed E-state index contributed by atoms with van der Waals surface area (Å²) in [5.41, 5.74) is -0.631. The van der Waals surface area contributed by atoms with Crippen LogP contribution in [0.4, 0.5) is 0 Å². The highest BCUT2D eigenvalue weighted by Crippen LogP contribution is 2.62. The second kappa shape index (κ2) is 11.0. The van der Waals surface area contributed by atoms with Crippen LogP contribution in [0.25, 0.3) is 0 Å². The Kier molecular flexibility index (Phi) is 7.86. The van der Waals surface area contributed by atoms with Crippen LogP contribution < -0.4 is 21.2 Å². The SMILES string of the molecule is CCOC(=O)C(C)P(=NP(=O)(c1ccccc1)c1ccccc1)(c1ccccc1)c1ccccc1. The zero-order valence-corrected chi connectivity index (χ0v) is 21.7. The maximum absolute atomic E-state index is 15.2. The van der Waals surface area contributed by atoms with Crippen LogP contribution in [0.3, 0.4) is 0 Å². The van der Waals surface area contributed by atoms with Crippen molar-refractivity contribution in [2.75, 3.05) is 6.61 Å². The van der Waals surface area contributed by atoms with Crippen LogP contribution >= 0.6 is 14.3 Å². The third-order valence-electron chi connectivity index (χ3n) is 5.97. The Morgan fingerprint density at radius 3 is 1.37 bits per heavy atom. The van der Waals surface area contributed by atoms with E-state index in [-0.39, 0.29) is 12.6 Å². The van der Waals surface area contributed by atoms with Crippen molar-refractivity contribution in [3.8, 4) is 0 Å². The summed E-state index contributed by atoms with van der Waals surface area (Å²) in [6.07, 6.45) is 0. The van der Waals surface area contributed by atoms with Gasteiger partial charge in [-0.2, -0.15) is 0 Å². The van der Waals surface area contributed by atoms with Crippen molar-refractivity contribution < 1.29 is 14.1 Å². The van der Waals surface area contributed by atoms with E-state index >= 15 is 4.57 Å². The van der Waals surface area contributed by atoms with Gasteiger partial charge in [0.1, 0.15) is 0 Å². The number of nitrogens with zero attached hydrogens (tertiary/aromatic N) is 1. The van der Waals surface area contributed by atoms with Crippen LogP contribution in [-0.2, 0) is 14.1 Å². The summed E-state index contributed by atoms with van der Waals surface area (Å²) < 4.78 is 26.1. The van der Waals surface area contributed by atoms with Crippen LogP contribution in [0.5, 0.6) is 0 Å². The molecule has 1 atom stereocenters. The number of esters is 1. The molecule has 0 saturated heterocycles. The predicted octanol–water partition coefficient (Wildman–Crippen LogP) is 5.72. The zero-order valence-electron chi connectivity index (χ0n) is 19.9. The van der Waals surface area contributed by atoms with Crippen LogP contribution in [0.1, 0.15) is 13.8 Å². The molecule has 6 heteroatoms. The molecule has 0 fully saturated rings. The molecule has 35 heavy (non-hydrogen) atoms. The fourth-order valence-corrected chi connectivity index (χ4v) is 12.4. The number of rotatable bonds is 8. The molecule has 0 spiro atoms. The third-order valence-corrected chi connectivity index (χ3v) is 13.6. The lowest BCUT2D eigenvalue weighted by Gasteiger charge is -2.33. The van der Waals surface area contributed by atoms with E-state index in [2.05, 4.69) is 0 Å². The summed E-state index contributed by atoms with van der Waals surface area (Å²) in [6, 6.07) is 38.3. The lowest BCUT2D eigenvalue weighted by molar-refractivity contribution is -0.142. The van der Waals surface area contributed by atoms with Crippen LogP contribution in [0.2, 0.25) is 0 Å². The highest BCUT2D eigenvalue weighted by Gasteiger charge is 2.41. The van der Waals surface area contributed by atoms with Crippen LogP contribution in [-0.4, -0.2) is 18.2 Å². The second-order valence-corrected chi connectivity index (χ2v) is 14.2. The molecular weight excluding hydrogens is 472 g/mol. The molecule has 0 aliphatic rings. The van der Waals surface area contributed by atoms with Crippen molar-refractivity contribution in [3.05, 3.63) is 121 Å². The van der Waals surface area contributed by atoms with Crippen LogP contribution in [0, 0.1) is 0 Å². The quantitative estimate of drug-likeness (QED) is 0.229. The minimum absolute atomic E-state index is 0.266. The number of hydrogen-bond donors (Lipinski definition) is 0. The maximum Gasteiger partial charge on any atom is 0.315 e. The first-order valence-corrected chi connectivity index (χ1v) is 15.1. The summed E-state index contributed by atoms with van der Waals surface area (Å²) in [6.45, 7) is 3.92. The molecule has 0 bridgehead atoms. The van der Waals surface area contributed by atoms with Gasteiger partial charge in [0, 0.05) is 17.7 Å². The Bertz CT molecular complexity index is 1270. The van der Waals surface area contributed by atoms with E-state index in [0.29, 0.717) is 10.6 Å². The molecule has 0 aliphatic heterocycles. The van der Waals surface area contributed by atoms with Gasteiger partial charge in [-0.05, 0) is 48.7 Å². The van der Waals surface area contributed by atoms with Crippen molar-refractivity contribution in [3.63, 3.8) is 0 Å². The number of ether oxygens (including phenoxy) is 1. The molecule has 0 radical (unpaired) electrons. The highest BCUT2D eigenvalue weighted by atomic mass is 31.2. The smallest absolute Gasteiger partial charge is 0.315 e. The number of hydrogen-bond acceptors (Lipinski definition) is 3. The molecule has 4 aromatic carbocycles. The Balaban J connectivity index is 2.17. The van der Waals surface area contributed by atoms with Crippen LogP contribution in [0.15, 0.2) is 126 Å². The van der Waals surface area contributed by atoms with E-state index < -0.39 is 20.0 Å². The molecule has 0 heterocycles. The van der Waals surface area contributed by atoms with Gasteiger partial charge in [-0.1, -0.05) is 97.1 Å². The summed E-state index contributed by atoms with van der Waals surface area (Å²) >= 11 is 0. The van der Waals surface area contributed by atoms with Crippen molar-refractivity contribution >= 4 is 41.5 Å². The van der Waals surface area contributed by atoms with Crippen molar-refractivity contribution in [2.45, 2.75) is 19.5 Å². The van der Waals surface area contributed by atoms with Crippen molar-refractivity contribution in [1.29, 1.82) is 0 Å². The molecular formula is C29H29NO3P2. The summed E-state index contributed by atoms with van der Waals surface area (Å²) in [5.74, 6) is -0.343. The number of benzene rings is 4. The van der Waals surface area contributed by atoms with E-state index in [1.165, 1.54) is 0 Å². The minimum Gasteiger partial charge on any atom is -0.465 e. The maximum atomic E-state index is 15.2. The summed E-state index contributed by atoms with van der Waals surface area (Å²) in [5, 5.41) is 3.05. The molecule has 178 valence electrons. The van der Waals surface area contributed by atoms with Gasteiger partial charge in [0.25, 0.3) is 0 Å². The van der Waals surface area contributed by atoms with E-state index in [1.54, 1.807) is 6.92 Å². The van der Waals surface area contributed by atoms with Gasteiger partial charge in [-0.15, -0.1) is 0 Å². The molecule has 0 amide bonds. The molecule has 0 aromatic heterocycles. The molecule has 1 unspecified atom stereocenters. The Hall–Kier alpha value is -3.19. The van der Waals surface area contributed by atoms with Crippen molar-refractivity contribution in [2.24, 2.45) is 4.52 Å². The second-order valence-electron chi connectivity index (χ2n) is 8.12. The van der Waals surface area contributed by atoms with Gasteiger partial charge in [0.05, 0.1) is 12.3 Å². The van der Waals surface area contributed by atoms with Gasteiger partial charge >= 0.3 is 5.97 Å². The Labute approximate surface area is 207 Å². The van der Waals surface area contributed by atoms with Gasteiger partial charge in [-0.3, -0.25) is 9.36 Å². The topological polar surface area (TPSA) is 55.7 Å². The average molecular weight is 502 g/mol. The normalized spacial score (nSPS) is 12.5. The van der Waals surface area contributed by atoms with Crippen molar-refractivity contribution in [1.82, 2.24) is 0 Å². The first kappa shape index (κ1) is 24.9. The predicted molar refractivity (Wildman–Crippen MR) is 147 cm³/mol. The summed E-state index contributed by atoms with van der Waals surface area (Å²) in [7, 11) is -6.47. The van der Waals surface area contributed by atoms with Gasteiger partial charge in [-0.25, -0.2) is 4.52 Å². The first-order valence-electron chi connectivity index (χ1n) is 11.6. The number of carbonyl (C=O) groups excluding carboxylic acids is 1. The summed E-state index contributed by atoms with van der Waals surface area (Å²) in [4.78, 5) is 13.4. The van der Waals surface area contributed by atoms with Gasteiger partial charge in [0.15, 0.2) is 0 Å². The van der Waals surface area contributed by atoms with Gasteiger partial charge < -0.3 is 4.74 Å². The highest BCUT2D eigenvalue weighted by molar-refractivity contribution is 7.90. The Morgan fingerprint density at radius 2 is 1.03 bits per heavy atom. The fourth-order valence-electron chi connectivity index (χ4n) is 4.21. The molecule has 4 rings (SSSR count). The fraction of sp³-hybridized carbons (Fsp3) is 0.138. The number of carbonyl (C=O) groups is 1. The molecule has 0 N–H and O–H groups in total. The van der Waals surface area contributed by atoms with E-state index in [0.717, 1.165) is 10.6 Å². The van der Waals surface area contributed by atoms with Gasteiger partial charge in [0.2, 0.25) is 7.29 Å². The molecule has 4 nitrogen and oxygen atoms in total. The molecule has 4 aromatic rings. The first-order chi connectivity index (χ1) is 17.0. The largest absolute Gasteiger partial charge is 0.465 e. The molecule has 0 saturated carbocycles. The molecule has 0 aliphatic carbocycles. The lowest BCUT2D eigenvalue weighted by atomic mass is 10.4. The third kappa shape index (κ3) is 4.96. The Morgan fingerprint density at radius 1 is 0.686 bits per heavy atom.